The van der Waals surface area contributed by atoms with Crippen molar-refractivity contribution in [1.29, 1.82) is 10.8 Å². The zero-order valence-electron chi connectivity index (χ0n) is 22.1. The van der Waals surface area contributed by atoms with Gasteiger partial charge in [-0.3, -0.25) is 20.4 Å². The molecule has 1 aliphatic rings. The molecule has 1 fully saturated rings. The second kappa shape index (κ2) is 12.6. The molecule has 0 radical (unpaired) electrons. The van der Waals surface area contributed by atoms with Crippen LogP contribution >= 0.6 is 11.3 Å². The predicted octanol–water partition coefficient (Wildman–Crippen LogP) is 5.35. The second-order valence-electron chi connectivity index (χ2n) is 8.90. The number of rotatable bonds is 6. The number of pyridine rings is 1. The molecule has 1 unspecified atom stereocenters. The molecule has 0 bridgehead atoms. The van der Waals surface area contributed by atoms with Crippen molar-refractivity contribution in [2.45, 2.75) is 53.0 Å². The number of nitrogens with one attached hydrogen (secondary N) is 2. The van der Waals surface area contributed by atoms with Gasteiger partial charge in [-0.15, -0.1) is 11.3 Å². The fourth-order valence-corrected chi connectivity index (χ4v) is 5.18. The Morgan fingerprint density at radius 3 is 2.57 bits per heavy atom. The van der Waals surface area contributed by atoms with Crippen LogP contribution in [0.1, 0.15) is 72.0 Å². The molecule has 2 aromatic heterocycles. The molecule has 0 spiro atoms. The minimum Gasteiger partial charge on any atom is -0.425 e. The highest BCUT2D eigenvalue weighted by Gasteiger charge is 2.33. The zero-order chi connectivity index (χ0) is 27.1. The molecule has 1 saturated heterocycles. The van der Waals surface area contributed by atoms with E-state index in [9.17, 15) is 9.59 Å². The lowest BCUT2D eigenvalue weighted by molar-refractivity contribution is 0.0724. The summed E-state index contributed by atoms with van der Waals surface area (Å²) in [4.78, 5) is 32.5. The Hall–Kier alpha value is -3.59. The third-order valence-electron chi connectivity index (χ3n) is 6.22. The van der Waals surface area contributed by atoms with Crippen molar-refractivity contribution in [2.24, 2.45) is 13.0 Å². The maximum absolute atomic E-state index is 13.5. The second-order valence-corrected chi connectivity index (χ2v) is 9.79. The quantitative estimate of drug-likeness (QED) is 0.336. The van der Waals surface area contributed by atoms with Crippen LogP contribution < -0.4 is 5.56 Å². The summed E-state index contributed by atoms with van der Waals surface area (Å²) in [5.41, 5.74) is 1.94. The normalized spacial score (nSPS) is 15.5. The third kappa shape index (κ3) is 6.60. The molecule has 2 atom stereocenters. The molecule has 3 heterocycles. The smallest absolute Gasteiger partial charge is 0.271 e. The number of benzene rings is 1. The van der Waals surface area contributed by atoms with Crippen LogP contribution in [0, 0.1) is 23.7 Å². The molecular formula is C28H35N5O3S. The molecule has 196 valence electrons. The summed E-state index contributed by atoms with van der Waals surface area (Å²) in [6.45, 7) is 8.36. The number of thiazole rings is 1. The van der Waals surface area contributed by atoms with Crippen molar-refractivity contribution in [2.75, 3.05) is 6.54 Å². The highest BCUT2D eigenvalue weighted by Crippen LogP contribution is 2.34. The van der Waals surface area contributed by atoms with Gasteiger partial charge in [-0.1, -0.05) is 51.1 Å². The number of nitrogens with zero attached hydrogens (tertiary/aromatic N) is 3. The summed E-state index contributed by atoms with van der Waals surface area (Å²) in [6, 6.07) is 12.4. The Labute approximate surface area is 222 Å². The van der Waals surface area contributed by atoms with Crippen molar-refractivity contribution in [3.63, 3.8) is 0 Å². The molecule has 4 rings (SSSR count). The first kappa shape index (κ1) is 28.0. The van der Waals surface area contributed by atoms with Crippen LogP contribution in [0.25, 0.3) is 0 Å². The van der Waals surface area contributed by atoms with Crippen LogP contribution in [0.15, 0.2) is 52.6 Å². The standard InChI is InChI=1S/C26H29N5O3S.C2H6/c1-16(12-18-8-5-4-6-9-18)23(27)34-24(28)19-13-21(30(3)22(32)14-19)26(33)31-11-7-10-20(31)25-29-17(2)15-35-25;1-2/h4-6,8-9,13-16,20,27-28H,7,10-12H2,1-3H3;1-2H3/t16?,20-;/m1./s1. The number of ether oxygens (including phenoxy) is 1. The number of likely N-dealkylation sites (tertiary alicyclic amines) is 1. The Balaban J connectivity index is 0.00000186. The van der Waals surface area contributed by atoms with Crippen LogP contribution in [-0.2, 0) is 18.2 Å². The number of amides is 1. The van der Waals surface area contributed by atoms with Crippen molar-refractivity contribution >= 4 is 29.0 Å². The van der Waals surface area contributed by atoms with Crippen LogP contribution in [0.4, 0.5) is 0 Å². The van der Waals surface area contributed by atoms with Gasteiger partial charge in [-0.05, 0) is 37.8 Å². The number of hydrogen-bond acceptors (Lipinski definition) is 7. The summed E-state index contributed by atoms with van der Waals surface area (Å²) in [5, 5.41) is 19.5. The minimum atomic E-state index is -0.413. The third-order valence-corrected chi connectivity index (χ3v) is 7.29. The van der Waals surface area contributed by atoms with E-state index < -0.39 is 5.56 Å². The Morgan fingerprint density at radius 2 is 1.92 bits per heavy atom. The van der Waals surface area contributed by atoms with E-state index in [0.717, 1.165) is 29.1 Å². The van der Waals surface area contributed by atoms with Crippen molar-refractivity contribution in [3.05, 3.63) is 85.7 Å². The largest absolute Gasteiger partial charge is 0.425 e. The van der Waals surface area contributed by atoms with Crippen molar-refractivity contribution in [1.82, 2.24) is 14.5 Å². The summed E-state index contributed by atoms with van der Waals surface area (Å²) < 4.78 is 6.80. The maximum atomic E-state index is 13.5. The molecule has 0 aliphatic carbocycles. The molecule has 3 aromatic rings. The molecule has 2 N–H and O–H groups in total. The monoisotopic (exact) mass is 521 g/mol. The van der Waals surface area contributed by atoms with Crippen LogP contribution in [0.5, 0.6) is 0 Å². The molecule has 9 heteroatoms. The first-order valence-electron chi connectivity index (χ1n) is 12.6. The SMILES string of the molecule is CC.Cc1csc([C@H]2CCCN2C(=O)c2cc(C(=N)OC(=N)C(C)Cc3ccccc3)cc(=O)n2C)n1. The summed E-state index contributed by atoms with van der Waals surface area (Å²) in [7, 11) is 1.55. The average molecular weight is 522 g/mol. The summed E-state index contributed by atoms with van der Waals surface area (Å²) in [6.07, 6.45) is 2.28. The van der Waals surface area contributed by atoms with Crippen molar-refractivity contribution in [3.8, 4) is 0 Å². The lowest BCUT2D eigenvalue weighted by atomic mass is 10.0. The molecule has 8 nitrogen and oxygen atoms in total. The highest BCUT2D eigenvalue weighted by atomic mass is 32.1. The molecule has 37 heavy (non-hydrogen) atoms. The van der Waals surface area contributed by atoms with E-state index in [1.807, 2.05) is 63.4 Å². The fourth-order valence-electron chi connectivity index (χ4n) is 4.24. The van der Waals surface area contributed by atoms with Gasteiger partial charge in [-0.25, -0.2) is 4.98 Å². The number of aromatic nitrogens is 2. The lowest BCUT2D eigenvalue weighted by Crippen LogP contribution is -2.35. The van der Waals surface area contributed by atoms with E-state index in [0.29, 0.717) is 13.0 Å². The first-order valence-corrected chi connectivity index (χ1v) is 13.5. The minimum absolute atomic E-state index is 0.0637. The van der Waals surface area contributed by atoms with Crippen LogP contribution in [0.3, 0.4) is 0 Å². The van der Waals surface area contributed by atoms with Gasteiger partial charge in [0.1, 0.15) is 10.7 Å². The number of hydrogen-bond donors (Lipinski definition) is 2. The van der Waals surface area contributed by atoms with Gasteiger partial charge >= 0.3 is 0 Å². The maximum Gasteiger partial charge on any atom is 0.271 e. The fraction of sp³-hybridized carbons (Fsp3) is 0.393. The molecular weight excluding hydrogens is 486 g/mol. The van der Waals surface area contributed by atoms with Gasteiger partial charge in [0.15, 0.2) is 5.90 Å². The summed E-state index contributed by atoms with van der Waals surface area (Å²) in [5.74, 6) is -0.916. The first-order chi connectivity index (χ1) is 17.7. The Bertz CT molecular complexity index is 1310. The molecule has 0 saturated carbocycles. The van der Waals surface area contributed by atoms with E-state index in [1.54, 1.807) is 11.9 Å². The van der Waals surface area contributed by atoms with Crippen LogP contribution in [-0.4, -0.2) is 38.7 Å². The molecule has 1 aromatic carbocycles. The highest BCUT2D eigenvalue weighted by molar-refractivity contribution is 7.09. The zero-order valence-corrected chi connectivity index (χ0v) is 22.9. The topological polar surface area (TPSA) is 112 Å². The Morgan fingerprint density at radius 1 is 1.22 bits per heavy atom. The van der Waals surface area contributed by atoms with Gasteiger partial charge < -0.3 is 14.2 Å². The van der Waals surface area contributed by atoms with Crippen molar-refractivity contribution < 1.29 is 9.53 Å². The van der Waals surface area contributed by atoms with E-state index in [2.05, 4.69) is 4.98 Å². The number of aryl methyl sites for hydroxylation is 1. The van der Waals surface area contributed by atoms with E-state index in [1.165, 1.54) is 28.0 Å². The van der Waals surface area contributed by atoms with Gasteiger partial charge in [0.25, 0.3) is 11.5 Å². The molecule has 1 amide bonds. The van der Waals surface area contributed by atoms with E-state index in [-0.39, 0.29) is 40.9 Å². The van der Waals surface area contributed by atoms with Crippen LogP contribution in [0.2, 0.25) is 0 Å². The van der Waals surface area contributed by atoms with Gasteiger partial charge in [0, 0.05) is 42.2 Å². The lowest BCUT2D eigenvalue weighted by Gasteiger charge is -2.24. The average Bonchev–Trinajstić information content (AvgIpc) is 3.56. The Kier molecular flexibility index (Phi) is 9.52. The number of carbonyl (C=O) groups excluding carboxylic acids is 1. The molecule has 1 aliphatic heterocycles. The van der Waals surface area contributed by atoms with Gasteiger partial charge in [-0.2, -0.15) is 0 Å². The van der Waals surface area contributed by atoms with Gasteiger partial charge in [0.05, 0.1) is 6.04 Å². The van der Waals surface area contributed by atoms with E-state index >= 15 is 0 Å². The predicted molar refractivity (Wildman–Crippen MR) is 148 cm³/mol. The summed E-state index contributed by atoms with van der Waals surface area (Å²) >= 11 is 1.54. The van der Waals surface area contributed by atoms with Gasteiger partial charge in [0.2, 0.25) is 5.90 Å². The number of carbonyl (C=O) groups is 1. The van der Waals surface area contributed by atoms with E-state index in [4.69, 9.17) is 15.6 Å².